The molecular formula is C10H13N4O9P. The van der Waals surface area contributed by atoms with Gasteiger partial charge in [0.2, 0.25) is 0 Å². The van der Waals surface area contributed by atoms with Crippen LogP contribution >= 0.6 is 7.82 Å². The summed E-state index contributed by atoms with van der Waals surface area (Å²) in [5.41, 5.74) is -1.71. The number of phosphoric acid groups is 1. The Balaban J connectivity index is 1.92. The first kappa shape index (κ1) is 17.0. The smallest absolute Gasteiger partial charge is 0.387 e. The molecule has 14 heteroatoms. The number of hydrogen-bond donors (Lipinski definition) is 6. The fourth-order valence-corrected chi connectivity index (χ4v) is 2.75. The molecule has 0 saturated carbocycles. The van der Waals surface area contributed by atoms with E-state index >= 15 is 0 Å². The van der Waals surface area contributed by atoms with E-state index in [0.29, 0.717) is 0 Å². The molecule has 0 unspecified atom stereocenters. The van der Waals surface area contributed by atoms with E-state index in [2.05, 4.69) is 14.5 Å². The van der Waals surface area contributed by atoms with Gasteiger partial charge >= 0.3 is 13.5 Å². The molecule has 2 aromatic heterocycles. The standard InChI is InChI=1S/C10H13N4O9P/c15-5-3(1-22-24(19,20)21)23-9(6(5)16)14-2-11-4-7(14)12-10(18)13-8(4)17/h2-3,5-6,9,15-16H,1H2,(H2,19,20,21)(H2,12,13,17,18)/t3-,5-,6-,9-/m1/s1/i9+2. The van der Waals surface area contributed by atoms with E-state index in [1.54, 1.807) is 0 Å². The quantitative estimate of drug-likeness (QED) is 0.306. The maximum Gasteiger partial charge on any atom is 0.469 e. The molecule has 13 nitrogen and oxygen atoms in total. The Hall–Kier alpha value is -1.86. The van der Waals surface area contributed by atoms with E-state index in [-0.39, 0.29) is 11.2 Å². The van der Waals surface area contributed by atoms with Crippen LogP contribution < -0.4 is 11.2 Å². The third kappa shape index (κ3) is 3.06. The molecule has 3 rings (SSSR count). The van der Waals surface area contributed by atoms with Gasteiger partial charge in [0.1, 0.15) is 24.0 Å². The van der Waals surface area contributed by atoms with Gasteiger partial charge in [-0.1, -0.05) is 0 Å². The molecule has 0 radical (unpaired) electrons. The number of aromatic amines is 2. The Bertz CT molecular complexity index is 913. The molecule has 1 fully saturated rings. The van der Waals surface area contributed by atoms with Crippen LogP contribution in [-0.2, 0) is 13.8 Å². The molecule has 0 aromatic carbocycles. The van der Waals surface area contributed by atoms with Crippen LogP contribution in [0.3, 0.4) is 0 Å². The number of phosphoric ester groups is 1. The van der Waals surface area contributed by atoms with Gasteiger partial charge in [-0.2, -0.15) is 0 Å². The van der Waals surface area contributed by atoms with Crippen molar-refractivity contribution in [1.29, 1.82) is 0 Å². The lowest BCUT2D eigenvalue weighted by molar-refractivity contribution is -0.0504. The van der Waals surface area contributed by atoms with Crippen molar-refractivity contribution in [3.63, 3.8) is 0 Å². The summed E-state index contributed by atoms with van der Waals surface area (Å²) < 4.78 is 21.4. The van der Waals surface area contributed by atoms with Crippen molar-refractivity contribution in [3.8, 4) is 0 Å². The van der Waals surface area contributed by atoms with Crippen molar-refractivity contribution in [3.05, 3.63) is 27.2 Å². The van der Waals surface area contributed by atoms with Crippen LogP contribution in [0.25, 0.3) is 11.2 Å². The van der Waals surface area contributed by atoms with Gasteiger partial charge in [-0.3, -0.25) is 23.9 Å². The second-order valence-electron chi connectivity index (χ2n) is 5.09. The second-order valence-corrected chi connectivity index (χ2v) is 6.33. The molecule has 1 aliphatic heterocycles. The number of fused-ring (bicyclic) bond motifs is 1. The molecule has 0 amide bonds. The highest BCUT2D eigenvalue weighted by atomic mass is 31.2. The molecule has 0 aliphatic carbocycles. The number of imidazole rings is 1. The predicted octanol–water partition coefficient (Wildman–Crippen LogP) is -2.86. The number of H-pyrrole nitrogens is 2. The zero-order chi connectivity index (χ0) is 17.6. The Morgan fingerprint density at radius 2 is 2.08 bits per heavy atom. The average Bonchev–Trinajstić information content (AvgIpc) is 3.00. The summed E-state index contributed by atoms with van der Waals surface area (Å²) in [5, 5.41) is 20.0. The number of ether oxygens (including phenoxy) is 1. The Kier molecular flexibility index (Phi) is 4.17. The van der Waals surface area contributed by atoms with Gasteiger partial charge in [0.05, 0.1) is 12.9 Å². The minimum atomic E-state index is -4.78. The highest BCUT2D eigenvalue weighted by molar-refractivity contribution is 7.46. The molecule has 132 valence electrons. The monoisotopic (exact) mass is 366 g/mol. The third-order valence-electron chi connectivity index (χ3n) is 3.49. The Labute approximate surface area is 131 Å². The molecule has 3 heterocycles. The first-order chi connectivity index (χ1) is 11.2. The number of rotatable bonds is 4. The maximum atomic E-state index is 11.6. The van der Waals surface area contributed by atoms with Crippen LogP contribution in [0.2, 0.25) is 0 Å². The van der Waals surface area contributed by atoms with Crippen molar-refractivity contribution in [2.75, 3.05) is 6.61 Å². The second kappa shape index (κ2) is 5.89. The van der Waals surface area contributed by atoms with E-state index in [4.69, 9.17) is 14.5 Å². The van der Waals surface area contributed by atoms with Gasteiger partial charge in [-0.15, -0.1) is 0 Å². The van der Waals surface area contributed by atoms with E-state index in [0.717, 1.165) is 10.9 Å². The first-order valence-corrected chi connectivity index (χ1v) is 8.11. The van der Waals surface area contributed by atoms with Gasteiger partial charge in [0.15, 0.2) is 11.7 Å². The van der Waals surface area contributed by atoms with Gasteiger partial charge in [0.25, 0.3) is 5.56 Å². The maximum absolute atomic E-state index is 11.6. The summed E-state index contributed by atoms with van der Waals surface area (Å²) in [4.78, 5) is 48.5. The highest BCUT2D eigenvalue weighted by Crippen LogP contribution is 2.38. The molecule has 6 N–H and O–H groups in total. The number of aromatic nitrogens is 4. The molecule has 1 aliphatic rings. The lowest BCUT2D eigenvalue weighted by Gasteiger charge is -2.16. The van der Waals surface area contributed by atoms with Crippen LogP contribution in [0.4, 0.5) is 0 Å². The van der Waals surface area contributed by atoms with E-state index in [9.17, 15) is 24.4 Å². The van der Waals surface area contributed by atoms with Crippen molar-refractivity contribution >= 4 is 19.0 Å². The predicted molar refractivity (Wildman–Crippen MR) is 74.9 cm³/mol. The van der Waals surface area contributed by atoms with Crippen molar-refractivity contribution in [2.45, 2.75) is 24.5 Å². The lowest BCUT2D eigenvalue weighted by Crippen LogP contribution is -2.33. The highest BCUT2D eigenvalue weighted by Gasteiger charge is 2.45. The first-order valence-electron chi connectivity index (χ1n) is 6.58. The van der Waals surface area contributed by atoms with Crippen molar-refractivity contribution in [2.24, 2.45) is 0 Å². The summed E-state index contributed by atoms with van der Waals surface area (Å²) in [6.45, 7) is -0.678. The van der Waals surface area contributed by atoms with Gasteiger partial charge in [0, 0.05) is 0 Å². The number of nitrogens with zero attached hydrogens (tertiary/aromatic N) is 2. The average molecular weight is 366 g/mol. The number of aliphatic hydroxyl groups is 2. The zero-order valence-electron chi connectivity index (χ0n) is 11.8. The molecule has 0 spiro atoms. The summed E-state index contributed by atoms with van der Waals surface area (Å²) in [6, 6.07) is 0. The fraction of sp³-hybridized carbons (Fsp3) is 0.500. The molecule has 0 bridgehead atoms. The largest absolute Gasteiger partial charge is 0.469 e. The minimum Gasteiger partial charge on any atom is -0.387 e. The number of hydrogen-bond acceptors (Lipinski definition) is 8. The van der Waals surface area contributed by atoms with E-state index in [1.165, 1.54) is 0 Å². The van der Waals surface area contributed by atoms with Gasteiger partial charge in [-0.05, 0) is 0 Å². The minimum absolute atomic E-state index is 0.0449. The van der Waals surface area contributed by atoms with Crippen LogP contribution in [0.1, 0.15) is 6.23 Å². The third-order valence-corrected chi connectivity index (χ3v) is 3.97. The SMILES string of the molecule is O=c1[nH]c(=O)c2ncn([14C@@H]3O[C@H](COP(=O)(O)O)[C@@H](O)[C@H]3O)c2[nH]1. The molecule has 2 aromatic rings. The molecule has 1 saturated heterocycles. The lowest BCUT2D eigenvalue weighted by atomic mass is 10.2. The van der Waals surface area contributed by atoms with Crippen LogP contribution in [0.15, 0.2) is 15.9 Å². The van der Waals surface area contributed by atoms with Crippen LogP contribution in [-0.4, -0.2) is 64.4 Å². The van der Waals surface area contributed by atoms with Crippen molar-refractivity contribution in [1.82, 2.24) is 19.5 Å². The fourth-order valence-electron chi connectivity index (χ4n) is 2.41. The van der Waals surface area contributed by atoms with Crippen molar-refractivity contribution < 1.29 is 33.8 Å². The summed E-state index contributed by atoms with van der Waals surface area (Å²) in [7, 11) is -4.78. The van der Waals surface area contributed by atoms with E-state index in [1.807, 2.05) is 4.98 Å². The number of aliphatic hydroxyl groups excluding tert-OH is 2. The number of nitrogens with one attached hydrogen (secondary N) is 2. The van der Waals surface area contributed by atoms with E-state index < -0.39 is 50.2 Å². The summed E-state index contributed by atoms with van der Waals surface area (Å²) in [5.74, 6) is 0. The topological polar surface area (TPSA) is 200 Å². The normalized spacial score (nSPS) is 27.8. The van der Waals surface area contributed by atoms with Crippen LogP contribution in [0, 0.1) is 0 Å². The zero-order valence-corrected chi connectivity index (χ0v) is 12.7. The molecule has 24 heavy (non-hydrogen) atoms. The van der Waals surface area contributed by atoms with Gasteiger partial charge < -0.3 is 24.7 Å². The Morgan fingerprint density at radius 3 is 2.75 bits per heavy atom. The molecular weight excluding hydrogens is 353 g/mol. The van der Waals surface area contributed by atoms with Gasteiger partial charge in [-0.25, -0.2) is 14.3 Å². The summed E-state index contributed by atoms with van der Waals surface area (Å²) >= 11 is 0. The summed E-state index contributed by atoms with van der Waals surface area (Å²) in [6.07, 6.45) is -4.43. The van der Waals surface area contributed by atoms with Crippen LogP contribution in [0.5, 0.6) is 0 Å². The Morgan fingerprint density at radius 1 is 1.38 bits per heavy atom. The molecule has 4 atom stereocenters.